The number of nitrogens with zero attached hydrogens (tertiary/aromatic N) is 1. The number of carbonyl (C=O) groups excluding carboxylic acids is 1. The summed E-state index contributed by atoms with van der Waals surface area (Å²) in [7, 11) is 1.86. The number of benzene rings is 1. The summed E-state index contributed by atoms with van der Waals surface area (Å²) in [5.74, 6) is 0. The number of rotatable bonds is 3. The molecule has 3 N–H and O–H groups in total. The van der Waals surface area contributed by atoms with Gasteiger partial charge in [0.1, 0.15) is 0 Å². The van der Waals surface area contributed by atoms with Gasteiger partial charge in [-0.1, -0.05) is 12.1 Å². The molecule has 1 aromatic rings. The van der Waals surface area contributed by atoms with Crippen molar-refractivity contribution in [2.75, 3.05) is 12.4 Å². The predicted octanol–water partition coefficient (Wildman–Crippen LogP) is 2.72. The number of urea groups is 1. The Hall–Kier alpha value is -1.55. The third kappa shape index (κ3) is 2.82. The highest BCUT2D eigenvalue weighted by Crippen LogP contribution is 2.24. The van der Waals surface area contributed by atoms with Crippen molar-refractivity contribution in [1.29, 1.82) is 0 Å². The van der Waals surface area contributed by atoms with Crippen molar-refractivity contribution in [3.63, 3.8) is 0 Å². The van der Waals surface area contributed by atoms with Crippen LogP contribution in [0.5, 0.6) is 0 Å². The lowest BCUT2D eigenvalue weighted by atomic mass is 9.92. The first-order chi connectivity index (χ1) is 8.58. The van der Waals surface area contributed by atoms with Gasteiger partial charge in [0, 0.05) is 24.8 Å². The highest BCUT2D eigenvalue weighted by Gasteiger charge is 2.25. The summed E-state index contributed by atoms with van der Waals surface area (Å²) in [5.41, 5.74) is 7.67. The fourth-order valence-electron chi connectivity index (χ4n) is 2.02. The summed E-state index contributed by atoms with van der Waals surface area (Å²) in [4.78, 5) is 13.8. The molecule has 1 aromatic carbocycles. The van der Waals surface area contributed by atoms with Gasteiger partial charge >= 0.3 is 6.03 Å². The Bertz CT molecular complexity index is 410. The summed E-state index contributed by atoms with van der Waals surface area (Å²) < 4.78 is 0. The maximum atomic E-state index is 12.0. The Labute approximate surface area is 108 Å². The van der Waals surface area contributed by atoms with Crippen molar-refractivity contribution in [3.05, 3.63) is 29.8 Å². The van der Waals surface area contributed by atoms with E-state index < -0.39 is 0 Å². The summed E-state index contributed by atoms with van der Waals surface area (Å²) >= 11 is 0. The molecule has 18 heavy (non-hydrogen) atoms. The summed E-state index contributed by atoms with van der Waals surface area (Å²) in [6.45, 7) is 1.94. The molecule has 0 aromatic heterocycles. The maximum absolute atomic E-state index is 12.0. The van der Waals surface area contributed by atoms with Crippen molar-refractivity contribution in [1.82, 2.24) is 4.90 Å². The van der Waals surface area contributed by atoms with Gasteiger partial charge in [-0.05, 0) is 43.9 Å². The van der Waals surface area contributed by atoms with Crippen LogP contribution < -0.4 is 11.1 Å². The standard InChI is InChI=1S/C14H21N3O/c1-10(15)11-6-8-12(9-7-11)16-14(18)17(2)13-4-3-5-13/h6-10,13H,3-5,15H2,1-2H3,(H,16,18). The number of nitrogens with one attached hydrogen (secondary N) is 1. The molecule has 1 fully saturated rings. The molecule has 1 atom stereocenters. The first-order valence-corrected chi connectivity index (χ1v) is 6.47. The van der Waals surface area contributed by atoms with Gasteiger partial charge in [0.25, 0.3) is 0 Å². The van der Waals surface area contributed by atoms with Crippen LogP contribution in [0.25, 0.3) is 0 Å². The lowest BCUT2D eigenvalue weighted by molar-refractivity contribution is 0.169. The zero-order chi connectivity index (χ0) is 13.1. The molecule has 2 amide bonds. The maximum Gasteiger partial charge on any atom is 0.321 e. The quantitative estimate of drug-likeness (QED) is 0.862. The lowest BCUT2D eigenvalue weighted by Crippen LogP contribution is -2.43. The third-order valence-electron chi connectivity index (χ3n) is 3.63. The highest BCUT2D eigenvalue weighted by molar-refractivity contribution is 5.89. The molecule has 0 saturated heterocycles. The van der Waals surface area contributed by atoms with Gasteiger partial charge in [-0.2, -0.15) is 0 Å². The van der Waals surface area contributed by atoms with Crippen LogP contribution in [-0.2, 0) is 0 Å². The Kier molecular flexibility index (Phi) is 3.87. The molecule has 1 saturated carbocycles. The van der Waals surface area contributed by atoms with Gasteiger partial charge in [0.05, 0.1) is 0 Å². The fourth-order valence-corrected chi connectivity index (χ4v) is 2.02. The van der Waals surface area contributed by atoms with Crippen molar-refractivity contribution < 1.29 is 4.79 Å². The van der Waals surface area contributed by atoms with Gasteiger partial charge in [-0.25, -0.2) is 4.79 Å². The zero-order valence-electron chi connectivity index (χ0n) is 11.0. The molecule has 98 valence electrons. The lowest BCUT2D eigenvalue weighted by Gasteiger charge is -2.34. The molecule has 0 heterocycles. The number of amides is 2. The summed E-state index contributed by atoms with van der Waals surface area (Å²) in [5, 5.41) is 2.90. The Morgan fingerprint density at radius 1 is 1.39 bits per heavy atom. The van der Waals surface area contributed by atoms with Crippen molar-refractivity contribution in [2.45, 2.75) is 38.3 Å². The molecule has 1 aliphatic carbocycles. The van der Waals surface area contributed by atoms with Gasteiger partial charge in [0.2, 0.25) is 0 Å². The SMILES string of the molecule is CC(N)c1ccc(NC(=O)N(C)C2CCC2)cc1. The minimum absolute atomic E-state index is 0.0207. The first-order valence-electron chi connectivity index (χ1n) is 6.47. The molecule has 0 spiro atoms. The Morgan fingerprint density at radius 2 is 2.00 bits per heavy atom. The number of hydrogen-bond acceptors (Lipinski definition) is 2. The van der Waals surface area contributed by atoms with Gasteiger partial charge in [-0.3, -0.25) is 0 Å². The second-order valence-corrected chi connectivity index (χ2v) is 5.04. The van der Waals surface area contributed by atoms with Crippen LogP contribution in [0.15, 0.2) is 24.3 Å². The minimum Gasteiger partial charge on any atom is -0.325 e. The van der Waals surface area contributed by atoms with Crippen molar-refractivity contribution >= 4 is 11.7 Å². The van der Waals surface area contributed by atoms with E-state index in [1.807, 2.05) is 38.2 Å². The van der Waals surface area contributed by atoms with E-state index in [9.17, 15) is 4.79 Å². The largest absolute Gasteiger partial charge is 0.325 e. The third-order valence-corrected chi connectivity index (χ3v) is 3.63. The molecule has 4 heteroatoms. The van der Waals surface area contributed by atoms with Crippen LogP contribution >= 0.6 is 0 Å². The molecule has 0 bridgehead atoms. The first kappa shape index (κ1) is 12.9. The van der Waals surface area contributed by atoms with E-state index in [1.165, 1.54) is 6.42 Å². The molecule has 4 nitrogen and oxygen atoms in total. The molecule has 1 unspecified atom stereocenters. The van der Waals surface area contributed by atoms with Crippen LogP contribution in [0.3, 0.4) is 0 Å². The van der Waals surface area contributed by atoms with Crippen molar-refractivity contribution in [2.24, 2.45) is 5.73 Å². The van der Waals surface area contributed by atoms with Crippen LogP contribution in [0.2, 0.25) is 0 Å². The summed E-state index contributed by atoms with van der Waals surface area (Å²) in [6, 6.07) is 8.08. The Balaban J connectivity index is 1.94. The monoisotopic (exact) mass is 247 g/mol. The fraction of sp³-hybridized carbons (Fsp3) is 0.500. The number of nitrogens with two attached hydrogens (primary N) is 1. The van der Waals surface area contributed by atoms with Crippen molar-refractivity contribution in [3.8, 4) is 0 Å². The van der Waals surface area contributed by atoms with Gasteiger partial charge in [0.15, 0.2) is 0 Å². The molecule has 1 aliphatic rings. The van der Waals surface area contributed by atoms with Crippen LogP contribution in [-0.4, -0.2) is 24.0 Å². The average Bonchev–Trinajstić information content (AvgIpc) is 2.27. The zero-order valence-corrected chi connectivity index (χ0v) is 11.0. The number of carbonyl (C=O) groups is 1. The second kappa shape index (κ2) is 5.40. The van der Waals surface area contributed by atoms with E-state index in [2.05, 4.69) is 5.32 Å². The minimum atomic E-state index is -0.0340. The van der Waals surface area contributed by atoms with Gasteiger partial charge in [-0.15, -0.1) is 0 Å². The van der Waals surface area contributed by atoms with Crippen LogP contribution in [0.1, 0.15) is 37.8 Å². The van der Waals surface area contributed by atoms with Crippen LogP contribution in [0.4, 0.5) is 10.5 Å². The molecular weight excluding hydrogens is 226 g/mol. The van der Waals surface area contributed by atoms with E-state index >= 15 is 0 Å². The second-order valence-electron chi connectivity index (χ2n) is 5.04. The highest BCUT2D eigenvalue weighted by atomic mass is 16.2. The van der Waals surface area contributed by atoms with Crippen LogP contribution in [0, 0.1) is 0 Å². The topological polar surface area (TPSA) is 58.4 Å². The molecule has 0 radical (unpaired) electrons. The van der Waals surface area contributed by atoms with E-state index in [-0.39, 0.29) is 12.1 Å². The number of anilines is 1. The molecular formula is C14H21N3O. The Morgan fingerprint density at radius 3 is 2.44 bits per heavy atom. The summed E-state index contributed by atoms with van der Waals surface area (Å²) in [6.07, 6.45) is 3.46. The van der Waals surface area contributed by atoms with E-state index in [0.717, 1.165) is 24.1 Å². The van der Waals surface area contributed by atoms with E-state index in [0.29, 0.717) is 6.04 Å². The van der Waals surface area contributed by atoms with Gasteiger partial charge < -0.3 is 16.0 Å². The molecule has 0 aliphatic heterocycles. The molecule has 2 rings (SSSR count). The normalized spacial score (nSPS) is 16.8. The van der Waals surface area contributed by atoms with E-state index in [1.54, 1.807) is 4.90 Å². The van der Waals surface area contributed by atoms with E-state index in [4.69, 9.17) is 5.73 Å². The predicted molar refractivity (Wildman–Crippen MR) is 73.5 cm³/mol. The smallest absolute Gasteiger partial charge is 0.321 e. The average molecular weight is 247 g/mol. The number of hydrogen-bond donors (Lipinski definition) is 2.